The molecule has 6 aromatic carbocycles. The van der Waals surface area contributed by atoms with E-state index >= 15 is 0 Å². The van der Waals surface area contributed by atoms with E-state index in [4.69, 9.17) is 15.0 Å². The van der Waals surface area contributed by atoms with Gasteiger partial charge in [-0.15, -0.1) is 0 Å². The number of nitrogens with zero attached hydrogens (tertiary/aromatic N) is 5. The first-order valence-electron chi connectivity index (χ1n) is 16.2. The van der Waals surface area contributed by atoms with Gasteiger partial charge in [0.05, 0.1) is 33.8 Å². The van der Waals surface area contributed by atoms with Crippen molar-refractivity contribution in [3.8, 4) is 57.0 Å². The average molecular weight is 712 g/mol. The third-order valence-electron chi connectivity index (χ3n) is 8.96. The van der Waals surface area contributed by atoms with E-state index in [2.05, 4.69) is 6.07 Å². The lowest BCUT2D eigenvalue weighted by Gasteiger charge is -2.17. The maximum absolute atomic E-state index is 14.2. The van der Waals surface area contributed by atoms with Crippen molar-refractivity contribution in [3.05, 3.63) is 156 Å². The van der Waals surface area contributed by atoms with Gasteiger partial charge in [0.1, 0.15) is 0 Å². The summed E-state index contributed by atoms with van der Waals surface area (Å²) in [6, 6.07) is 39.8. The van der Waals surface area contributed by atoms with E-state index in [1.807, 2.05) is 89.5 Å². The smallest absolute Gasteiger partial charge is 0.309 e. The fraction of sp³-hybridized carbons (Fsp3) is 0.0476. The maximum atomic E-state index is 14.2. The number of rotatable bonds is 5. The Morgan fingerprint density at radius 2 is 1.08 bits per heavy atom. The number of hydrogen-bond donors (Lipinski definition) is 0. The van der Waals surface area contributed by atoms with Gasteiger partial charge in [-0.3, -0.25) is 0 Å². The topological polar surface area (TPSA) is 67.4 Å². The summed E-state index contributed by atoms with van der Waals surface area (Å²) in [6.45, 7) is 0. The van der Waals surface area contributed by atoms with Crippen LogP contribution in [-0.4, -0.2) is 19.5 Å². The molecule has 0 atom stereocenters. The molecule has 0 saturated carbocycles. The molecule has 0 spiro atoms. The van der Waals surface area contributed by atoms with Gasteiger partial charge in [-0.2, -0.15) is 31.6 Å². The molecule has 0 bridgehead atoms. The Hall–Kier alpha value is -6.80. The minimum absolute atomic E-state index is 0.0757. The lowest BCUT2D eigenvalue weighted by molar-refractivity contribution is -0.142. The van der Waals surface area contributed by atoms with Crippen molar-refractivity contribution < 1.29 is 26.3 Å². The van der Waals surface area contributed by atoms with Crippen LogP contribution in [0.25, 0.3) is 72.8 Å². The molecule has 11 heteroatoms. The fourth-order valence-electron chi connectivity index (χ4n) is 6.51. The fourth-order valence-corrected chi connectivity index (χ4v) is 6.51. The van der Waals surface area contributed by atoms with Gasteiger partial charge in [0.2, 0.25) is 0 Å². The Balaban J connectivity index is 1.31. The molecule has 0 aliphatic rings. The van der Waals surface area contributed by atoms with Gasteiger partial charge in [-0.1, -0.05) is 97.1 Å². The van der Waals surface area contributed by atoms with Crippen LogP contribution in [0, 0.1) is 11.3 Å². The predicted octanol–water partition coefficient (Wildman–Crippen LogP) is 11.5. The molecule has 258 valence electrons. The van der Waals surface area contributed by atoms with E-state index < -0.39 is 29.0 Å². The van der Waals surface area contributed by atoms with Crippen molar-refractivity contribution in [3.63, 3.8) is 0 Å². The Kier molecular flexibility index (Phi) is 8.03. The Morgan fingerprint density at radius 3 is 1.70 bits per heavy atom. The molecule has 0 unspecified atom stereocenters. The van der Waals surface area contributed by atoms with Crippen LogP contribution in [0.5, 0.6) is 0 Å². The van der Waals surface area contributed by atoms with Gasteiger partial charge >= 0.3 is 12.4 Å². The first kappa shape index (κ1) is 33.3. The minimum atomic E-state index is -5.05. The highest BCUT2D eigenvalue weighted by molar-refractivity contribution is 6.10. The summed E-state index contributed by atoms with van der Waals surface area (Å²) in [6.07, 6.45) is -10.0. The Morgan fingerprint density at radius 1 is 0.491 bits per heavy atom. The van der Waals surface area contributed by atoms with Gasteiger partial charge < -0.3 is 4.57 Å². The van der Waals surface area contributed by atoms with E-state index in [1.54, 1.807) is 24.3 Å². The van der Waals surface area contributed by atoms with Crippen molar-refractivity contribution in [1.82, 2.24) is 19.5 Å². The lowest BCUT2D eigenvalue weighted by atomic mass is 9.96. The molecule has 53 heavy (non-hydrogen) atoms. The van der Waals surface area contributed by atoms with Gasteiger partial charge in [0, 0.05) is 33.2 Å². The molecule has 0 fully saturated rings. The third-order valence-corrected chi connectivity index (χ3v) is 8.96. The third kappa shape index (κ3) is 6.14. The maximum Gasteiger partial charge on any atom is 0.417 e. The van der Waals surface area contributed by atoms with Crippen molar-refractivity contribution in [2.24, 2.45) is 0 Å². The summed E-state index contributed by atoms with van der Waals surface area (Å²) in [7, 11) is 0. The summed E-state index contributed by atoms with van der Waals surface area (Å²) in [5.41, 5.74) is 0.803. The van der Waals surface area contributed by atoms with E-state index in [1.165, 1.54) is 12.1 Å². The molecule has 0 amide bonds. The van der Waals surface area contributed by atoms with Crippen LogP contribution in [0.15, 0.2) is 140 Å². The number of halogens is 6. The second kappa shape index (κ2) is 12.8. The second-order valence-electron chi connectivity index (χ2n) is 12.2. The van der Waals surface area contributed by atoms with Crippen LogP contribution >= 0.6 is 0 Å². The van der Waals surface area contributed by atoms with Gasteiger partial charge in [-0.05, 0) is 53.6 Å². The second-order valence-corrected chi connectivity index (χ2v) is 12.2. The van der Waals surface area contributed by atoms with Crippen LogP contribution in [0.4, 0.5) is 26.3 Å². The van der Waals surface area contributed by atoms with Crippen molar-refractivity contribution >= 4 is 21.8 Å². The summed E-state index contributed by atoms with van der Waals surface area (Å²) in [5, 5.41) is 12.0. The van der Waals surface area contributed by atoms with Crippen molar-refractivity contribution in [1.29, 1.82) is 5.26 Å². The number of fused-ring (bicyclic) bond motifs is 3. The molecule has 5 nitrogen and oxygen atoms in total. The van der Waals surface area contributed by atoms with Crippen LogP contribution in [0.3, 0.4) is 0 Å². The monoisotopic (exact) mass is 711 g/mol. The molecular formula is C42H23F6N5. The quantitative estimate of drug-likeness (QED) is 0.167. The normalized spacial score (nSPS) is 11.9. The number of benzene rings is 6. The standard InChI is InChI=1S/C42H23F6N5/c43-41(44,45)29-16-19-31(35(23-29)42(46,47)48)27-15-18-34-33-13-7-8-14-36(33)53(37(34)22-27)30-17-20-32(28(21-30)24-49)40-51-38(25-9-3-1-4-10-25)50-39(52-40)26-11-5-2-6-12-26/h1-23H. The Bertz CT molecular complexity index is 2650. The van der Waals surface area contributed by atoms with Gasteiger partial charge in [-0.25, -0.2) is 15.0 Å². The Labute approximate surface area is 298 Å². The highest BCUT2D eigenvalue weighted by Crippen LogP contribution is 2.43. The highest BCUT2D eigenvalue weighted by Gasteiger charge is 2.38. The first-order valence-corrected chi connectivity index (χ1v) is 16.2. The zero-order valence-electron chi connectivity index (χ0n) is 27.3. The van der Waals surface area contributed by atoms with Crippen LogP contribution in [0.1, 0.15) is 16.7 Å². The number of para-hydroxylation sites is 1. The molecule has 0 N–H and O–H groups in total. The predicted molar refractivity (Wildman–Crippen MR) is 191 cm³/mol. The molecule has 0 radical (unpaired) electrons. The van der Waals surface area contributed by atoms with E-state index in [-0.39, 0.29) is 23.0 Å². The molecule has 8 aromatic rings. The van der Waals surface area contributed by atoms with Crippen LogP contribution in [-0.2, 0) is 12.4 Å². The van der Waals surface area contributed by atoms with Crippen molar-refractivity contribution in [2.45, 2.75) is 12.4 Å². The van der Waals surface area contributed by atoms with Gasteiger partial charge in [0.15, 0.2) is 17.5 Å². The summed E-state index contributed by atoms with van der Waals surface area (Å²) < 4.78 is 84.8. The highest BCUT2D eigenvalue weighted by atomic mass is 19.4. The summed E-state index contributed by atoms with van der Waals surface area (Å²) in [5.74, 6) is 1.10. The largest absolute Gasteiger partial charge is 0.417 e. The molecule has 8 rings (SSSR count). The van der Waals surface area contributed by atoms with Gasteiger partial charge in [0.25, 0.3) is 0 Å². The number of aromatic nitrogens is 4. The molecule has 2 heterocycles. The van der Waals surface area contributed by atoms with Crippen molar-refractivity contribution in [2.75, 3.05) is 0 Å². The molecule has 0 aliphatic carbocycles. The van der Waals surface area contributed by atoms with E-state index in [0.717, 1.165) is 22.6 Å². The number of hydrogen-bond acceptors (Lipinski definition) is 4. The zero-order valence-corrected chi connectivity index (χ0v) is 27.3. The number of alkyl halides is 6. The molecule has 0 aliphatic heterocycles. The average Bonchev–Trinajstić information content (AvgIpc) is 3.51. The summed E-state index contributed by atoms with van der Waals surface area (Å²) >= 11 is 0. The molecule has 2 aromatic heterocycles. The first-order chi connectivity index (χ1) is 25.5. The SMILES string of the molecule is N#Cc1cc(-n2c3ccccc3c3ccc(-c4ccc(C(F)(F)F)cc4C(F)(F)F)cc32)ccc1-c1nc(-c2ccccc2)nc(-c2ccccc2)n1. The molecular weight excluding hydrogens is 688 g/mol. The van der Waals surface area contributed by atoms with Crippen LogP contribution < -0.4 is 0 Å². The molecule has 0 saturated heterocycles. The lowest BCUT2D eigenvalue weighted by Crippen LogP contribution is -2.12. The number of nitriles is 1. The van der Waals surface area contributed by atoms with Crippen LogP contribution in [0.2, 0.25) is 0 Å². The van der Waals surface area contributed by atoms with E-state index in [0.29, 0.717) is 45.4 Å². The minimum Gasteiger partial charge on any atom is -0.309 e. The van der Waals surface area contributed by atoms with E-state index in [9.17, 15) is 31.6 Å². The zero-order chi connectivity index (χ0) is 36.9. The summed E-state index contributed by atoms with van der Waals surface area (Å²) in [4.78, 5) is 14.2.